The molecular weight excluding hydrogens is 259 g/mol. The Morgan fingerprint density at radius 2 is 2.25 bits per heavy atom. The number of nitrogens with zero attached hydrogens (tertiary/aromatic N) is 2. The highest BCUT2D eigenvalue weighted by molar-refractivity contribution is 5.86. The summed E-state index contributed by atoms with van der Waals surface area (Å²) >= 11 is 0. The average Bonchev–Trinajstić information content (AvgIpc) is 2.72. The molecule has 20 heavy (non-hydrogen) atoms. The third kappa shape index (κ3) is 1.94. The van der Waals surface area contributed by atoms with Crippen LogP contribution in [0.5, 0.6) is 0 Å². The van der Waals surface area contributed by atoms with Crippen LogP contribution in [0.4, 0.5) is 9.18 Å². The van der Waals surface area contributed by atoms with Crippen LogP contribution in [0.1, 0.15) is 18.2 Å². The van der Waals surface area contributed by atoms with Gasteiger partial charge < -0.3 is 14.2 Å². The van der Waals surface area contributed by atoms with Crippen molar-refractivity contribution in [1.29, 1.82) is 0 Å². The first kappa shape index (κ1) is 13.0. The Balaban J connectivity index is 2.04. The van der Waals surface area contributed by atoms with E-state index in [-0.39, 0.29) is 11.9 Å². The molecule has 1 aromatic carbocycles. The summed E-state index contributed by atoms with van der Waals surface area (Å²) in [6.45, 7) is 3.28. The molecule has 1 aromatic heterocycles. The van der Waals surface area contributed by atoms with Crippen molar-refractivity contribution in [2.75, 3.05) is 13.2 Å². The second kappa shape index (κ2) is 4.81. The highest BCUT2D eigenvalue weighted by Gasteiger charge is 2.26. The topological polar surface area (TPSA) is 34.5 Å². The molecule has 0 radical (unpaired) electrons. The summed E-state index contributed by atoms with van der Waals surface area (Å²) in [5, 5.41) is 0.886. The molecule has 4 nitrogen and oxygen atoms in total. The number of amides is 1. The molecular formula is C15H17FN2O2. The van der Waals surface area contributed by atoms with Gasteiger partial charge in [0.05, 0.1) is 13.2 Å². The van der Waals surface area contributed by atoms with Crippen molar-refractivity contribution in [2.24, 2.45) is 7.05 Å². The number of aromatic nitrogens is 1. The summed E-state index contributed by atoms with van der Waals surface area (Å²) in [5.74, 6) is -0.251. The molecule has 5 heteroatoms. The van der Waals surface area contributed by atoms with Gasteiger partial charge in [-0.05, 0) is 25.1 Å². The molecule has 3 rings (SSSR count). The van der Waals surface area contributed by atoms with Gasteiger partial charge in [-0.25, -0.2) is 9.18 Å². The Morgan fingerprint density at radius 1 is 1.45 bits per heavy atom. The van der Waals surface area contributed by atoms with Crippen molar-refractivity contribution in [3.05, 3.63) is 35.3 Å². The van der Waals surface area contributed by atoms with Gasteiger partial charge in [0.2, 0.25) is 0 Å². The summed E-state index contributed by atoms with van der Waals surface area (Å²) in [5.41, 5.74) is 3.20. The number of aryl methyl sites for hydroxylation is 1. The van der Waals surface area contributed by atoms with Crippen molar-refractivity contribution >= 4 is 17.0 Å². The highest BCUT2D eigenvalue weighted by Crippen LogP contribution is 2.30. The van der Waals surface area contributed by atoms with Crippen LogP contribution in [0.2, 0.25) is 0 Å². The van der Waals surface area contributed by atoms with E-state index in [1.165, 1.54) is 11.8 Å². The second-order valence-corrected chi connectivity index (χ2v) is 5.02. The smallest absolute Gasteiger partial charge is 0.410 e. The molecule has 1 aliphatic heterocycles. The molecule has 2 heterocycles. The first-order valence-electron chi connectivity index (χ1n) is 6.79. The predicted octanol–water partition coefficient (Wildman–Crippen LogP) is 2.83. The van der Waals surface area contributed by atoms with Gasteiger partial charge in [0.1, 0.15) is 5.82 Å². The lowest BCUT2D eigenvalue weighted by atomic mass is 10.0. The molecule has 106 valence electrons. The van der Waals surface area contributed by atoms with Gasteiger partial charge in [0.15, 0.2) is 0 Å². The van der Waals surface area contributed by atoms with Gasteiger partial charge in [-0.1, -0.05) is 0 Å². The minimum Gasteiger partial charge on any atom is -0.450 e. The second-order valence-electron chi connectivity index (χ2n) is 5.02. The quantitative estimate of drug-likeness (QED) is 0.802. The number of rotatable bonds is 1. The normalized spacial score (nSPS) is 14.4. The van der Waals surface area contributed by atoms with E-state index in [9.17, 15) is 9.18 Å². The Hall–Kier alpha value is -2.04. The van der Waals surface area contributed by atoms with Crippen LogP contribution in [0.15, 0.2) is 18.2 Å². The number of carbonyl (C=O) groups is 1. The lowest BCUT2D eigenvalue weighted by Crippen LogP contribution is -2.36. The maximum Gasteiger partial charge on any atom is 0.410 e. The molecule has 0 N–H and O–H groups in total. The van der Waals surface area contributed by atoms with Crippen LogP contribution < -0.4 is 0 Å². The third-order valence-corrected chi connectivity index (χ3v) is 3.89. The zero-order valence-electron chi connectivity index (χ0n) is 11.6. The SMILES string of the molecule is CCOC(=O)N1CCc2c(c3cc(F)ccc3n2C)C1. The minimum absolute atomic E-state index is 0.251. The fourth-order valence-electron chi connectivity index (χ4n) is 2.92. The van der Waals surface area contributed by atoms with Gasteiger partial charge >= 0.3 is 6.09 Å². The monoisotopic (exact) mass is 276 g/mol. The number of carbonyl (C=O) groups excluding carboxylic acids is 1. The van der Waals surface area contributed by atoms with E-state index >= 15 is 0 Å². The summed E-state index contributed by atoms with van der Waals surface area (Å²) in [6, 6.07) is 4.80. The Kier molecular flexibility index (Phi) is 3.12. The number of hydrogen-bond donors (Lipinski definition) is 0. The van der Waals surface area contributed by atoms with E-state index in [4.69, 9.17) is 4.74 Å². The maximum absolute atomic E-state index is 13.5. The molecule has 0 saturated heterocycles. The van der Waals surface area contributed by atoms with Crippen LogP contribution in [0.25, 0.3) is 10.9 Å². The number of hydrogen-bond acceptors (Lipinski definition) is 2. The first-order chi connectivity index (χ1) is 9.61. The van der Waals surface area contributed by atoms with Crippen molar-refractivity contribution in [2.45, 2.75) is 19.9 Å². The van der Waals surface area contributed by atoms with Crippen molar-refractivity contribution in [1.82, 2.24) is 9.47 Å². The summed E-state index contributed by atoms with van der Waals surface area (Å²) in [7, 11) is 1.99. The van der Waals surface area contributed by atoms with Crippen LogP contribution in [-0.4, -0.2) is 28.7 Å². The lowest BCUT2D eigenvalue weighted by molar-refractivity contribution is 0.102. The minimum atomic E-state index is -0.299. The lowest BCUT2D eigenvalue weighted by Gasteiger charge is -2.27. The fraction of sp³-hybridized carbons (Fsp3) is 0.400. The van der Waals surface area contributed by atoms with Crippen molar-refractivity contribution < 1.29 is 13.9 Å². The molecule has 0 saturated carbocycles. The molecule has 0 fully saturated rings. The van der Waals surface area contributed by atoms with Crippen molar-refractivity contribution in [3.8, 4) is 0 Å². The number of fused-ring (bicyclic) bond motifs is 3. The molecule has 0 spiro atoms. The molecule has 1 aliphatic rings. The van der Waals surface area contributed by atoms with Crippen LogP contribution in [0, 0.1) is 5.82 Å². The summed E-state index contributed by atoms with van der Waals surface area (Å²) < 4.78 is 20.6. The first-order valence-corrected chi connectivity index (χ1v) is 6.79. The Labute approximate surface area is 116 Å². The van der Waals surface area contributed by atoms with Gasteiger partial charge in [-0.15, -0.1) is 0 Å². The van der Waals surface area contributed by atoms with E-state index in [1.54, 1.807) is 24.0 Å². The van der Waals surface area contributed by atoms with Crippen LogP contribution in [0.3, 0.4) is 0 Å². The zero-order chi connectivity index (χ0) is 14.3. The van der Waals surface area contributed by atoms with Gasteiger partial charge in [0.25, 0.3) is 0 Å². The highest BCUT2D eigenvalue weighted by atomic mass is 19.1. The zero-order valence-corrected chi connectivity index (χ0v) is 11.6. The largest absolute Gasteiger partial charge is 0.450 e. The molecule has 0 aliphatic carbocycles. The van der Waals surface area contributed by atoms with E-state index in [0.717, 1.165) is 22.9 Å². The number of benzene rings is 1. The Bertz CT molecular complexity index is 678. The average molecular weight is 276 g/mol. The Morgan fingerprint density at radius 3 is 3.00 bits per heavy atom. The molecule has 2 aromatic rings. The maximum atomic E-state index is 13.5. The van der Waals surface area contributed by atoms with E-state index < -0.39 is 0 Å². The molecule has 0 atom stereocenters. The predicted molar refractivity (Wildman–Crippen MR) is 74.0 cm³/mol. The van der Waals surface area contributed by atoms with E-state index in [1.807, 2.05) is 7.05 Å². The summed E-state index contributed by atoms with van der Waals surface area (Å²) in [4.78, 5) is 13.5. The van der Waals surface area contributed by atoms with Gasteiger partial charge in [-0.3, -0.25) is 0 Å². The number of ether oxygens (including phenoxy) is 1. The molecule has 0 bridgehead atoms. The van der Waals surface area contributed by atoms with Crippen LogP contribution in [-0.2, 0) is 24.8 Å². The van der Waals surface area contributed by atoms with Crippen molar-refractivity contribution in [3.63, 3.8) is 0 Å². The molecule has 0 unspecified atom stereocenters. The van der Waals surface area contributed by atoms with Gasteiger partial charge in [-0.2, -0.15) is 0 Å². The molecule has 1 amide bonds. The fourth-order valence-corrected chi connectivity index (χ4v) is 2.92. The van der Waals surface area contributed by atoms with Crippen LogP contribution >= 0.6 is 0 Å². The standard InChI is InChI=1S/C15H17FN2O2/c1-3-20-15(19)18-7-6-14-12(9-18)11-8-10(16)4-5-13(11)17(14)2/h4-5,8H,3,6-7,9H2,1-2H3. The third-order valence-electron chi connectivity index (χ3n) is 3.89. The van der Waals surface area contributed by atoms with E-state index in [0.29, 0.717) is 19.7 Å². The van der Waals surface area contributed by atoms with E-state index in [2.05, 4.69) is 4.57 Å². The van der Waals surface area contributed by atoms with Gasteiger partial charge in [0, 0.05) is 42.2 Å². The number of halogens is 1. The summed E-state index contributed by atoms with van der Waals surface area (Å²) in [6.07, 6.45) is 0.465.